The summed E-state index contributed by atoms with van der Waals surface area (Å²) in [6.07, 6.45) is 4.11. The van der Waals surface area contributed by atoms with Crippen molar-refractivity contribution < 1.29 is 9.52 Å². The predicted octanol–water partition coefficient (Wildman–Crippen LogP) is 1.21. The van der Waals surface area contributed by atoms with Crippen LogP contribution in [0, 0.1) is 0 Å². The van der Waals surface area contributed by atoms with Crippen LogP contribution in [0.3, 0.4) is 0 Å². The second kappa shape index (κ2) is 3.40. The number of hydrogen-bond acceptors (Lipinski definition) is 4. The van der Waals surface area contributed by atoms with Crippen LogP contribution in [-0.2, 0) is 0 Å². The van der Waals surface area contributed by atoms with E-state index < -0.39 is 6.10 Å². The number of furan rings is 1. The molecule has 0 aromatic carbocycles. The minimum absolute atomic E-state index is 0.316. The number of aromatic nitrogens is 1. The van der Waals surface area contributed by atoms with E-state index in [2.05, 4.69) is 4.98 Å². The minimum atomic E-state index is -0.696. The predicted molar refractivity (Wildman–Crippen MR) is 52.6 cm³/mol. The number of hydrogen-bond donors (Lipinski definition) is 2. The molecule has 74 valence electrons. The Bertz CT molecular complexity index is 436. The molecule has 0 fully saturated rings. The Morgan fingerprint density at radius 2 is 2.36 bits per heavy atom. The number of rotatable bonds is 2. The largest absolute Gasteiger partial charge is 0.462 e. The average molecular weight is 192 g/mol. The third kappa shape index (κ3) is 1.38. The summed E-state index contributed by atoms with van der Waals surface area (Å²) in [7, 11) is 0. The summed E-state index contributed by atoms with van der Waals surface area (Å²) in [6, 6.07) is 1.49. The molecule has 0 amide bonds. The van der Waals surface area contributed by atoms with Crippen molar-refractivity contribution in [2.24, 2.45) is 5.73 Å². The highest BCUT2D eigenvalue weighted by molar-refractivity contribution is 5.80. The normalized spacial score (nSPS) is 15.6. The van der Waals surface area contributed by atoms with E-state index in [9.17, 15) is 5.11 Å². The van der Waals surface area contributed by atoms with Crippen LogP contribution >= 0.6 is 0 Å². The van der Waals surface area contributed by atoms with Gasteiger partial charge in [-0.1, -0.05) is 0 Å². The van der Waals surface area contributed by atoms with Crippen LogP contribution in [0.2, 0.25) is 0 Å². The maximum Gasteiger partial charge on any atom is 0.152 e. The summed E-state index contributed by atoms with van der Waals surface area (Å²) in [5, 5.41) is 10.6. The summed E-state index contributed by atoms with van der Waals surface area (Å²) >= 11 is 0. The zero-order chi connectivity index (χ0) is 10.1. The number of aliphatic hydroxyl groups is 1. The number of nitrogens with zero attached hydrogens (tertiary/aromatic N) is 1. The zero-order valence-electron chi connectivity index (χ0n) is 7.84. The molecular weight excluding hydrogens is 180 g/mol. The standard InChI is InChI=1S/C10H12N2O2/c1-6(11)10(13)8-5-14-9-4-12-3-2-7(8)9/h2-6,10,13H,11H2,1H3. The number of nitrogens with two attached hydrogens (primary N) is 1. The molecule has 0 aliphatic rings. The van der Waals surface area contributed by atoms with Gasteiger partial charge in [-0.05, 0) is 13.0 Å². The maximum absolute atomic E-state index is 9.78. The van der Waals surface area contributed by atoms with Gasteiger partial charge in [0.1, 0.15) is 0 Å². The first-order valence-corrected chi connectivity index (χ1v) is 4.45. The van der Waals surface area contributed by atoms with E-state index in [0.29, 0.717) is 5.58 Å². The molecule has 2 aromatic heterocycles. The molecule has 0 aliphatic carbocycles. The van der Waals surface area contributed by atoms with Gasteiger partial charge in [-0.2, -0.15) is 0 Å². The van der Waals surface area contributed by atoms with E-state index in [1.54, 1.807) is 25.4 Å². The molecule has 2 aromatic rings. The number of pyridine rings is 1. The molecule has 2 rings (SSSR count). The summed E-state index contributed by atoms with van der Waals surface area (Å²) in [6.45, 7) is 1.75. The number of aliphatic hydroxyl groups excluding tert-OH is 1. The SMILES string of the molecule is CC(N)C(O)c1coc2cnccc12. The van der Waals surface area contributed by atoms with Crippen LogP contribution < -0.4 is 5.73 Å². The quantitative estimate of drug-likeness (QED) is 0.750. The van der Waals surface area contributed by atoms with Crippen molar-refractivity contribution in [2.75, 3.05) is 0 Å². The molecule has 2 heterocycles. The molecule has 0 radical (unpaired) electrons. The Morgan fingerprint density at radius 3 is 3.07 bits per heavy atom. The van der Waals surface area contributed by atoms with Crippen LogP contribution in [0.5, 0.6) is 0 Å². The smallest absolute Gasteiger partial charge is 0.152 e. The molecule has 0 bridgehead atoms. The third-order valence-electron chi connectivity index (χ3n) is 2.23. The fourth-order valence-corrected chi connectivity index (χ4v) is 1.42. The monoisotopic (exact) mass is 192 g/mol. The topological polar surface area (TPSA) is 72.3 Å². The van der Waals surface area contributed by atoms with Gasteiger partial charge in [0.25, 0.3) is 0 Å². The first-order chi connectivity index (χ1) is 6.70. The van der Waals surface area contributed by atoms with Crippen molar-refractivity contribution in [1.82, 2.24) is 4.98 Å². The maximum atomic E-state index is 9.78. The van der Waals surface area contributed by atoms with E-state index >= 15 is 0 Å². The zero-order valence-corrected chi connectivity index (χ0v) is 7.84. The summed E-state index contributed by atoms with van der Waals surface area (Å²) in [4.78, 5) is 3.92. The highest BCUT2D eigenvalue weighted by Gasteiger charge is 2.17. The lowest BCUT2D eigenvalue weighted by Crippen LogP contribution is -2.24. The molecule has 4 nitrogen and oxygen atoms in total. The highest BCUT2D eigenvalue weighted by atomic mass is 16.3. The first kappa shape index (κ1) is 9.18. The molecule has 14 heavy (non-hydrogen) atoms. The Labute approximate surface area is 81.4 Å². The van der Waals surface area contributed by atoms with Gasteiger partial charge in [0.2, 0.25) is 0 Å². The van der Waals surface area contributed by atoms with Crippen molar-refractivity contribution in [3.63, 3.8) is 0 Å². The van der Waals surface area contributed by atoms with Gasteiger partial charge < -0.3 is 15.3 Å². The van der Waals surface area contributed by atoms with Gasteiger partial charge in [0, 0.05) is 23.2 Å². The van der Waals surface area contributed by atoms with Gasteiger partial charge >= 0.3 is 0 Å². The Kier molecular flexibility index (Phi) is 2.23. The van der Waals surface area contributed by atoms with Crippen molar-refractivity contribution >= 4 is 11.0 Å². The lowest BCUT2D eigenvalue weighted by Gasteiger charge is -2.12. The molecule has 0 saturated heterocycles. The average Bonchev–Trinajstić information content (AvgIpc) is 2.60. The van der Waals surface area contributed by atoms with Gasteiger partial charge in [-0.25, -0.2) is 0 Å². The molecule has 3 N–H and O–H groups in total. The first-order valence-electron chi connectivity index (χ1n) is 4.45. The minimum Gasteiger partial charge on any atom is -0.462 e. The summed E-state index contributed by atoms with van der Waals surface area (Å²) in [5.74, 6) is 0. The lowest BCUT2D eigenvalue weighted by molar-refractivity contribution is 0.154. The van der Waals surface area contributed by atoms with E-state index in [4.69, 9.17) is 10.2 Å². The fraction of sp³-hybridized carbons (Fsp3) is 0.300. The van der Waals surface area contributed by atoms with Gasteiger partial charge in [-0.15, -0.1) is 0 Å². The Balaban J connectivity index is 2.53. The second-order valence-electron chi connectivity index (χ2n) is 3.37. The molecule has 0 saturated carbocycles. The third-order valence-corrected chi connectivity index (χ3v) is 2.23. The van der Waals surface area contributed by atoms with Gasteiger partial charge in [0.05, 0.1) is 18.6 Å². The van der Waals surface area contributed by atoms with E-state index in [-0.39, 0.29) is 6.04 Å². The molecule has 0 aliphatic heterocycles. The van der Waals surface area contributed by atoms with Crippen LogP contribution in [0.1, 0.15) is 18.6 Å². The Morgan fingerprint density at radius 1 is 1.57 bits per heavy atom. The summed E-state index contributed by atoms with van der Waals surface area (Å²) < 4.78 is 5.24. The van der Waals surface area contributed by atoms with Crippen LogP contribution in [0.4, 0.5) is 0 Å². The summed E-state index contributed by atoms with van der Waals surface area (Å²) in [5.41, 5.74) is 7.00. The van der Waals surface area contributed by atoms with Crippen molar-refractivity contribution in [3.05, 3.63) is 30.3 Å². The van der Waals surface area contributed by atoms with Crippen molar-refractivity contribution in [2.45, 2.75) is 19.1 Å². The van der Waals surface area contributed by atoms with E-state index in [1.807, 2.05) is 0 Å². The second-order valence-corrected chi connectivity index (χ2v) is 3.37. The Hall–Kier alpha value is -1.39. The van der Waals surface area contributed by atoms with Gasteiger partial charge in [0.15, 0.2) is 5.58 Å². The van der Waals surface area contributed by atoms with Crippen molar-refractivity contribution in [1.29, 1.82) is 0 Å². The van der Waals surface area contributed by atoms with Gasteiger partial charge in [-0.3, -0.25) is 4.98 Å². The fourth-order valence-electron chi connectivity index (χ4n) is 1.42. The molecule has 4 heteroatoms. The van der Waals surface area contributed by atoms with Crippen LogP contribution in [0.25, 0.3) is 11.0 Å². The van der Waals surface area contributed by atoms with Crippen LogP contribution in [-0.4, -0.2) is 16.1 Å². The van der Waals surface area contributed by atoms with Crippen molar-refractivity contribution in [3.8, 4) is 0 Å². The van der Waals surface area contributed by atoms with Crippen LogP contribution in [0.15, 0.2) is 29.1 Å². The number of fused-ring (bicyclic) bond motifs is 1. The molecular formula is C10H12N2O2. The molecule has 0 spiro atoms. The molecule has 2 unspecified atom stereocenters. The van der Waals surface area contributed by atoms with E-state index in [1.165, 1.54) is 6.26 Å². The highest BCUT2D eigenvalue weighted by Crippen LogP contribution is 2.26. The molecule has 2 atom stereocenters. The lowest BCUT2D eigenvalue weighted by atomic mass is 10.0. The van der Waals surface area contributed by atoms with E-state index in [0.717, 1.165) is 10.9 Å².